The first-order chi connectivity index (χ1) is 8.84. The maximum Gasteiger partial charge on any atom is 0.127 e. The van der Waals surface area contributed by atoms with E-state index in [1.54, 1.807) is 0 Å². The molecule has 19 heavy (non-hydrogen) atoms. The van der Waals surface area contributed by atoms with Crippen LogP contribution in [0.15, 0.2) is 22.7 Å². The number of benzene rings is 1. The number of aromatic nitrogens is 2. The van der Waals surface area contributed by atoms with Gasteiger partial charge in [-0.05, 0) is 45.2 Å². The predicted molar refractivity (Wildman–Crippen MR) is 89.3 cm³/mol. The van der Waals surface area contributed by atoms with E-state index in [0.29, 0.717) is 0 Å². The molecule has 1 heterocycles. The van der Waals surface area contributed by atoms with E-state index in [0.717, 1.165) is 27.9 Å². The first-order valence-electron chi connectivity index (χ1n) is 6.19. The van der Waals surface area contributed by atoms with Gasteiger partial charge < -0.3 is 4.57 Å². The van der Waals surface area contributed by atoms with Crippen molar-refractivity contribution in [2.24, 2.45) is 0 Å². The summed E-state index contributed by atoms with van der Waals surface area (Å²) in [5, 5.41) is -0.0937. The molecule has 1 aromatic carbocycles. The molecule has 0 saturated heterocycles. The van der Waals surface area contributed by atoms with E-state index >= 15 is 0 Å². The molecule has 1 unspecified atom stereocenters. The normalized spacial score (nSPS) is 14.0. The zero-order valence-electron chi connectivity index (χ0n) is 11.6. The van der Waals surface area contributed by atoms with Crippen LogP contribution in [0, 0.1) is 0 Å². The lowest BCUT2D eigenvalue weighted by Crippen LogP contribution is -2.23. The van der Waals surface area contributed by atoms with E-state index in [-0.39, 0.29) is 10.1 Å². The molecule has 0 aliphatic carbocycles. The Labute approximate surface area is 132 Å². The molecule has 1 aromatic heterocycles. The van der Waals surface area contributed by atoms with Crippen molar-refractivity contribution < 1.29 is 0 Å². The van der Waals surface area contributed by atoms with Crippen molar-refractivity contribution in [3.05, 3.63) is 28.5 Å². The first-order valence-corrected chi connectivity index (χ1v) is 8.64. The number of imidazole rings is 1. The van der Waals surface area contributed by atoms with Gasteiger partial charge in [-0.25, -0.2) is 4.98 Å². The Balaban J connectivity index is 2.60. The van der Waals surface area contributed by atoms with Crippen LogP contribution in [0.4, 0.5) is 0 Å². The minimum atomic E-state index is -0.0937. The molecule has 0 aliphatic rings. The molecule has 0 fully saturated rings. The molecule has 2 aromatic rings. The summed E-state index contributed by atoms with van der Waals surface area (Å²) in [6.45, 7) is 7.35. The summed E-state index contributed by atoms with van der Waals surface area (Å²) in [7, 11) is 0. The monoisotopic (exact) mass is 360 g/mol. The minimum absolute atomic E-state index is 0.0937. The van der Waals surface area contributed by atoms with E-state index in [4.69, 9.17) is 11.6 Å². The molecule has 0 bridgehead atoms. The van der Waals surface area contributed by atoms with Gasteiger partial charge in [-0.3, -0.25) is 0 Å². The topological polar surface area (TPSA) is 17.8 Å². The van der Waals surface area contributed by atoms with Crippen molar-refractivity contribution in [2.45, 2.75) is 37.4 Å². The number of hydrogen-bond donors (Lipinski definition) is 0. The highest BCUT2D eigenvalue weighted by Gasteiger charge is 2.22. The molecule has 0 saturated carbocycles. The summed E-state index contributed by atoms with van der Waals surface area (Å²) in [4.78, 5) is 4.67. The number of alkyl halides is 1. The molecule has 0 spiro atoms. The quantitative estimate of drug-likeness (QED) is 0.693. The number of halogens is 2. The third kappa shape index (κ3) is 3.29. The van der Waals surface area contributed by atoms with Gasteiger partial charge >= 0.3 is 0 Å². The van der Waals surface area contributed by atoms with Crippen molar-refractivity contribution in [1.29, 1.82) is 0 Å². The molecule has 0 amide bonds. The molecule has 2 nitrogen and oxygen atoms in total. The smallest absolute Gasteiger partial charge is 0.127 e. The Morgan fingerprint density at radius 2 is 2.16 bits per heavy atom. The third-order valence-corrected chi connectivity index (χ3v) is 5.11. The van der Waals surface area contributed by atoms with Crippen LogP contribution < -0.4 is 0 Å². The lowest BCUT2D eigenvalue weighted by Gasteiger charge is -2.24. The van der Waals surface area contributed by atoms with Gasteiger partial charge in [0.15, 0.2) is 0 Å². The fourth-order valence-electron chi connectivity index (χ4n) is 2.03. The number of thioether (sulfide) groups is 1. The maximum atomic E-state index is 6.29. The summed E-state index contributed by atoms with van der Waals surface area (Å²) in [5.41, 5.74) is 2.14. The molecular formula is C14H18BrClN2S. The van der Waals surface area contributed by atoms with Crippen LogP contribution in [0.5, 0.6) is 0 Å². The van der Waals surface area contributed by atoms with E-state index in [1.807, 2.05) is 30.8 Å². The summed E-state index contributed by atoms with van der Waals surface area (Å²) in [6.07, 6.45) is 2.14. The van der Waals surface area contributed by atoms with Gasteiger partial charge in [0.1, 0.15) is 5.82 Å². The molecule has 2 rings (SSSR count). The van der Waals surface area contributed by atoms with Crippen molar-refractivity contribution in [2.75, 3.05) is 6.26 Å². The second kappa shape index (κ2) is 5.66. The number of nitrogens with zero attached hydrogens (tertiary/aromatic N) is 2. The van der Waals surface area contributed by atoms with Crippen LogP contribution >= 0.6 is 39.3 Å². The van der Waals surface area contributed by atoms with Gasteiger partial charge in [-0.1, -0.05) is 15.9 Å². The minimum Gasteiger partial charge on any atom is -0.325 e. The standard InChI is InChI=1S/C14H18BrClN2S/c1-9(16)13-17-11-6-5-10(15)7-12(11)18(13)8-14(2,3)19-4/h5-7,9H,8H2,1-4H3. The van der Waals surface area contributed by atoms with Gasteiger partial charge in [0.2, 0.25) is 0 Å². The van der Waals surface area contributed by atoms with Gasteiger partial charge in [-0.15, -0.1) is 11.6 Å². The van der Waals surface area contributed by atoms with Crippen molar-refractivity contribution >= 4 is 50.3 Å². The Kier molecular flexibility index (Phi) is 4.53. The molecule has 1 atom stereocenters. The summed E-state index contributed by atoms with van der Waals surface area (Å²) in [6, 6.07) is 6.16. The fraction of sp³-hybridized carbons (Fsp3) is 0.500. The Bertz CT molecular complexity index is 592. The maximum absolute atomic E-state index is 6.29. The summed E-state index contributed by atoms with van der Waals surface area (Å²) in [5.74, 6) is 0.942. The van der Waals surface area contributed by atoms with Crippen LogP contribution in [-0.4, -0.2) is 20.6 Å². The Morgan fingerprint density at radius 3 is 2.74 bits per heavy atom. The predicted octanol–water partition coefficient (Wildman–Crippen LogP) is 5.24. The molecule has 0 N–H and O–H groups in total. The lowest BCUT2D eigenvalue weighted by atomic mass is 10.2. The van der Waals surface area contributed by atoms with Crippen molar-refractivity contribution in [1.82, 2.24) is 9.55 Å². The number of rotatable bonds is 4. The number of hydrogen-bond acceptors (Lipinski definition) is 2. The van der Waals surface area contributed by atoms with E-state index in [1.165, 1.54) is 0 Å². The zero-order chi connectivity index (χ0) is 14.2. The largest absolute Gasteiger partial charge is 0.325 e. The van der Waals surface area contributed by atoms with Crippen LogP contribution in [0.1, 0.15) is 32.0 Å². The van der Waals surface area contributed by atoms with E-state index < -0.39 is 0 Å². The molecule has 0 radical (unpaired) electrons. The summed E-state index contributed by atoms with van der Waals surface area (Å²) < 4.78 is 3.46. The average Bonchev–Trinajstić information content (AvgIpc) is 2.67. The first kappa shape index (κ1) is 15.2. The van der Waals surface area contributed by atoms with Gasteiger partial charge in [0, 0.05) is 15.8 Å². The molecule has 0 aliphatic heterocycles. The second-order valence-corrected chi connectivity index (χ2v) is 8.35. The molecule has 5 heteroatoms. The van der Waals surface area contributed by atoms with Crippen molar-refractivity contribution in [3.63, 3.8) is 0 Å². The van der Waals surface area contributed by atoms with Gasteiger partial charge in [0.05, 0.1) is 16.4 Å². The average molecular weight is 362 g/mol. The second-order valence-electron chi connectivity index (χ2n) is 5.27. The number of fused-ring (bicyclic) bond motifs is 1. The van der Waals surface area contributed by atoms with E-state index in [9.17, 15) is 0 Å². The van der Waals surface area contributed by atoms with Crippen LogP contribution in [0.25, 0.3) is 11.0 Å². The fourth-order valence-corrected chi connectivity index (χ4v) is 2.80. The van der Waals surface area contributed by atoms with E-state index in [2.05, 4.69) is 51.7 Å². The Hall–Kier alpha value is -0.190. The van der Waals surface area contributed by atoms with Gasteiger partial charge in [-0.2, -0.15) is 11.8 Å². The zero-order valence-corrected chi connectivity index (χ0v) is 14.7. The summed E-state index contributed by atoms with van der Waals surface area (Å²) >= 11 is 11.7. The van der Waals surface area contributed by atoms with Crippen LogP contribution in [-0.2, 0) is 6.54 Å². The third-order valence-electron chi connectivity index (χ3n) is 3.19. The highest BCUT2D eigenvalue weighted by molar-refractivity contribution is 9.10. The van der Waals surface area contributed by atoms with Crippen LogP contribution in [0.2, 0.25) is 0 Å². The van der Waals surface area contributed by atoms with Crippen LogP contribution in [0.3, 0.4) is 0 Å². The highest BCUT2D eigenvalue weighted by atomic mass is 79.9. The Morgan fingerprint density at radius 1 is 1.47 bits per heavy atom. The highest BCUT2D eigenvalue weighted by Crippen LogP contribution is 2.31. The van der Waals surface area contributed by atoms with Gasteiger partial charge in [0.25, 0.3) is 0 Å². The SMILES string of the molecule is CSC(C)(C)Cn1c(C(C)Cl)nc2ccc(Br)cc21. The molecule has 104 valence electrons. The lowest BCUT2D eigenvalue weighted by molar-refractivity contribution is 0.559. The molecular weight excluding hydrogens is 344 g/mol. The van der Waals surface area contributed by atoms with Crippen molar-refractivity contribution in [3.8, 4) is 0 Å².